The summed E-state index contributed by atoms with van der Waals surface area (Å²) < 4.78 is 2.23. The predicted molar refractivity (Wildman–Crippen MR) is 64.4 cm³/mol. The minimum atomic E-state index is 0.759. The Labute approximate surface area is 99.1 Å². The Morgan fingerprint density at radius 3 is 3.06 bits per heavy atom. The average molecular weight is 234 g/mol. The SMILES string of the molecule is Clc1ccccc1-c1ncc2n1CCNC2. The van der Waals surface area contributed by atoms with E-state index in [4.69, 9.17) is 11.6 Å². The lowest BCUT2D eigenvalue weighted by Gasteiger charge is -2.18. The van der Waals surface area contributed by atoms with E-state index in [1.54, 1.807) is 0 Å². The molecule has 0 unspecified atom stereocenters. The molecule has 0 spiro atoms. The van der Waals surface area contributed by atoms with Crippen molar-refractivity contribution in [1.29, 1.82) is 0 Å². The summed E-state index contributed by atoms with van der Waals surface area (Å²) in [7, 11) is 0. The molecule has 1 aliphatic rings. The van der Waals surface area contributed by atoms with Gasteiger partial charge < -0.3 is 9.88 Å². The summed E-state index contributed by atoms with van der Waals surface area (Å²) in [6.07, 6.45) is 1.92. The molecule has 1 N–H and O–H groups in total. The second kappa shape index (κ2) is 3.92. The topological polar surface area (TPSA) is 29.9 Å². The van der Waals surface area contributed by atoms with Gasteiger partial charge in [0.1, 0.15) is 5.82 Å². The number of halogens is 1. The third kappa shape index (κ3) is 1.52. The number of hydrogen-bond acceptors (Lipinski definition) is 2. The van der Waals surface area contributed by atoms with Gasteiger partial charge in [-0.2, -0.15) is 0 Å². The second-order valence-corrected chi connectivity index (χ2v) is 4.29. The minimum Gasteiger partial charge on any atom is -0.326 e. The second-order valence-electron chi connectivity index (χ2n) is 3.88. The highest BCUT2D eigenvalue weighted by molar-refractivity contribution is 6.33. The molecule has 2 aromatic rings. The number of nitrogens with zero attached hydrogens (tertiary/aromatic N) is 2. The van der Waals surface area contributed by atoms with Crippen LogP contribution in [0.1, 0.15) is 5.69 Å². The van der Waals surface area contributed by atoms with Crippen molar-refractivity contribution in [3.8, 4) is 11.4 Å². The lowest BCUT2D eigenvalue weighted by atomic mass is 10.2. The first-order chi connectivity index (χ1) is 7.86. The number of hydrogen-bond donors (Lipinski definition) is 1. The minimum absolute atomic E-state index is 0.759. The summed E-state index contributed by atoms with van der Waals surface area (Å²) in [6.45, 7) is 2.83. The van der Waals surface area contributed by atoms with Gasteiger partial charge in [0.05, 0.1) is 16.9 Å². The molecular weight excluding hydrogens is 222 g/mol. The molecule has 3 rings (SSSR count). The van der Waals surface area contributed by atoms with Gasteiger partial charge in [0.25, 0.3) is 0 Å². The van der Waals surface area contributed by atoms with Crippen LogP contribution in [0, 0.1) is 0 Å². The number of imidazole rings is 1. The molecule has 3 nitrogen and oxygen atoms in total. The Kier molecular flexibility index (Phi) is 2.42. The summed E-state index contributed by atoms with van der Waals surface area (Å²) in [6, 6.07) is 7.84. The molecule has 1 aliphatic heterocycles. The lowest BCUT2D eigenvalue weighted by Crippen LogP contribution is -2.27. The van der Waals surface area contributed by atoms with Gasteiger partial charge in [0.15, 0.2) is 0 Å². The number of aromatic nitrogens is 2. The highest BCUT2D eigenvalue weighted by Crippen LogP contribution is 2.27. The molecule has 0 saturated heterocycles. The molecule has 0 amide bonds. The highest BCUT2D eigenvalue weighted by atomic mass is 35.5. The summed E-state index contributed by atoms with van der Waals surface area (Å²) in [4.78, 5) is 4.47. The van der Waals surface area contributed by atoms with E-state index in [9.17, 15) is 0 Å². The maximum Gasteiger partial charge on any atom is 0.141 e. The number of fused-ring (bicyclic) bond motifs is 1. The van der Waals surface area contributed by atoms with Crippen LogP contribution in [0.4, 0.5) is 0 Å². The average Bonchev–Trinajstić information content (AvgIpc) is 2.74. The zero-order valence-electron chi connectivity index (χ0n) is 8.78. The van der Waals surface area contributed by atoms with Crippen LogP contribution in [0.2, 0.25) is 5.02 Å². The summed E-state index contributed by atoms with van der Waals surface area (Å²) in [5, 5.41) is 4.09. The fraction of sp³-hybridized carbons (Fsp3) is 0.250. The standard InChI is InChI=1S/C12H12ClN3/c13-11-4-2-1-3-10(11)12-15-8-9-7-14-5-6-16(9)12/h1-4,8,14H,5-7H2. The van der Waals surface area contributed by atoms with Gasteiger partial charge in [-0.1, -0.05) is 23.7 Å². The van der Waals surface area contributed by atoms with Crippen LogP contribution in [0.3, 0.4) is 0 Å². The van der Waals surface area contributed by atoms with E-state index in [1.807, 2.05) is 30.5 Å². The molecule has 1 aromatic carbocycles. The zero-order valence-corrected chi connectivity index (χ0v) is 9.54. The van der Waals surface area contributed by atoms with Crippen LogP contribution >= 0.6 is 11.6 Å². The molecule has 0 fully saturated rings. The fourth-order valence-electron chi connectivity index (χ4n) is 2.07. The van der Waals surface area contributed by atoms with E-state index in [1.165, 1.54) is 5.69 Å². The van der Waals surface area contributed by atoms with E-state index in [0.717, 1.165) is 36.0 Å². The molecular formula is C12H12ClN3. The van der Waals surface area contributed by atoms with Gasteiger partial charge in [-0.3, -0.25) is 0 Å². The van der Waals surface area contributed by atoms with Crippen molar-refractivity contribution in [3.63, 3.8) is 0 Å². The van der Waals surface area contributed by atoms with Crippen molar-refractivity contribution >= 4 is 11.6 Å². The van der Waals surface area contributed by atoms with Crippen LogP contribution in [0.15, 0.2) is 30.5 Å². The quantitative estimate of drug-likeness (QED) is 0.819. The molecule has 82 valence electrons. The number of rotatable bonds is 1. The van der Waals surface area contributed by atoms with E-state index in [0.29, 0.717) is 0 Å². The Bertz CT molecular complexity index is 519. The fourth-order valence-corrected chi connectivity index (χ4v) is 2.29. The normalized spacial score (nSPS) is 14.8. The number of nitrogens with one attached hydrogen (secondary N) is 1. The van der Waals surface area contributed by atoms with E-state index in [-0.39, 0.29) is 0 Å². The van der Waals surface area contributed by atoms with Crippen LogP contribution in [0.5, 0.6) is 0 Å². The molecule has 16 heavy (non-hydrogen) atoms. The van der Waals surface area contributed by atoms with Gasteiger partial charge in [-0.25, -0.2) is 4.98 Å². The Hall–Kier alpha value is -1.32. The molecule has 0 aliphatic carbocycles. The summed E-state index contributed by atoms with van der Waals surface area (Å²) in [5.74, 6) is 0.974. The molecule has 0 bridgehead atoms. The lowest BCUT2D eigenvalue weighted by molar-refractivity contribution is 0.519. The van der Waals surface area contributed by atoms with Crippen LogP contribution in [-0.4, -0.2) is 16.1 Å². The monoisotopic (exact) mass is 233 g/mol. The predicted octanol–water partition coefficient (Wildman–Crippen LogP) is 2.31. The molecule has 0 atom stereocenters. The first-order valence-corrected chi connectivity index (χ1v) is 5.74. The van der Waals surface area contributed by atoms with Gasteiger partial charge in [-0.05, 0) is 12.1 Å². The third-order valence-corrected chi connectivity index (χ3v) is 3.20. The van der Waals surface area contributed by atoms with Crippen molar-refractivity contribution in [2.75, 3.05) is 6.54 Å². The first kappa shape index (κ1) is 9.87. The first-order valence-electron chi connectivity index (χ1n) is 5.36. The smallest absolute Gasteiger partial charge is 0.141 e. The Morgan fingerprint density at radius 2 is 2.19 bits per heavy atom. The highest BCUT2D eigenvalue weighted by Gasteiger charge is 2.15. The molecule has 0 saturated carbocycles. The zero-order chi connectivity index (χ0) is 11.0. The van der Waals surface area contributed by atoms with E-state index >= 15 is 0 Å². The maximum absolute atomic E-state index is 6.19. The van der Waals surface area contributed by atoms with Crippen molar-refractivity contribution < 1.29 is 0 Å². The van der Waals surface area contributed by atoms with Crippen molar-refractivity contribution in [2.45, 2.75) is 13.1 Å². The third-order valence-electron chi connectivity index (χ3n) is 2.87. The van der Waals surface area contributed by atoms with Crippen molar-refractivity contribution in [1.82, 2.24) is 14.9 Å². The van der Waals surface area contributed by atoms with Gasteiger partial charge in [0, 0.05) is 25.2 Å². The van der Waals surface area contributed by atoms with Gasteiger partial charge >= 0.3 is 0 Å². The Morgan fingerprint density at radius 1 is 1.31 bits per heavy atom. The van der Waals surface area contributed by atoms with Gasteiger partial charge in [-0.15, -0.1) is 0 Å². The van der Waals surface area contributed by atoms with Crippen LogP contribution in [-0.2, 0) is 13.1 Å². The molecule has 0 radical (unpaired) electrons. The van der Waals surface area contributed by atoms with Crippen molar-refractivity contribution in [2.24, 2.45) is 0 Å². The summed E-state index contributed by atoms with van der Waals surface area (Å²) in [5.41, 5.74) is 2.23. The molecule has 1 aromatic heterocycles. The largest absolute Gasteiger partial charge is 0.326 e. The van der Waals surface area contributed by atoms with E-state index < -0.39 is 0 Å². The summed E-state index contributed by atoms with van der Waals surface area (Å²) >= 11 is 6.19. The van der Waals surface area contributed by atoms with Gasteiger partial charge in [0.2, 0.25) is 0 Å². The van der Waals surface area contributed by atoms with Crippen LogP contribution < -0.4 is 5.32 Å². The molecule has 2 heterocycles. The Balaban J connectivity index is 2.13. The van der Waals surface area contributed by atoms with Crippen molar-refractivity contribution in [3.05, 3.63) is 41.2 Å². The van der Waals surface area contributed by atoms with E-state index in [2.05, 4.69) is 14.9 Å². The number of benzene rings is 1. The van der Waals surface area contributed by atoms with Crippen LogP contribution in [0.25, 0.3) is 11.4 Å². The molecule has 4 heteroatoms. The maximum atomic E-state index is 6.19.